The van der Waals surface area contributed by atoms with E-state index in [9.17, 15) is 4.79 Å². The fourth-order valence-electron chi connectivity index (χ4n) is 1.84. The van der Waals surface area contributed by atoms with E-state index in [0.717, 1.165) is 44.5 Å². The average Bonchev–Trinajstić information content (AvgIpc) is 2.57. The van der Waals surface area contributed by atoms with Crippen LogP contribution in [0.15, 0.2) is 11.8 Å². The third-order valence-corrected chi connectivity index (χ3v) is 2.76. The molecule has 0 saturated heterocycles. The first-order chi connectivity index (χ1) is 8.33. The van der Waals surface area contributed by atoms with E-state index >= 15 is 0 Å². The van der Waals surface area contributed by atoms with Gasteiger partial charge in [0.15, 0.2) is 0 Å². The Morgan fingerprint density at radius 2 is 2.18 bits per heavy atom. The number of carbonyl (C=O) groups excluding carboxylic acids is 1. The Hall–Kier alpha value is -0.830. The van der Waals surface area contributed by atoms with Crippen molar-refractivity contribution in [1.29, 1.82) is 0 Å². The topological polar surface area (TPSA) is 35.5 Å². The molecule has 0 radical (unpaired) electrons. The van der Waals surface area contributed by atoms with Crippen LogP contribution in [0.2, 0.25) is 0 Å². The molecule has 0 aromatic carbocycles. The Bertz CT molecular complexity index is 246. The van der Waals surface area contributed by atoms with Crippen molar-refractivity contribution >= 4 is 5.97 Å². The molecule has 0 aromatic heterocycles. The first-order valence-electron chi connectivity index (χ1n) is 6.80. The Labute approximate surface area is 104 Å². The van der Waals surface area contributed by atoms with Gasteiger partial charge in [-0.15, -0.1) is 0 Å². The lowest BCUT2D eigenvalue weighted by Gasteiger charge is -2.07. The monoisotopic (exact) mass is 240 g/mol. The zero-order valence-electron chi connectivity index (χ0n) is 10.9. The van der Waals surface area contributed by atoms with Gasteiger partial charge in [0.25, 0.3) is 0 Å². The van der Waals surface area contributed by atoms with E-state index in [1.165, 1.54) is 12.8 Å². The first kappa shape index (κ1) is 14.2. The summed E-state index contributed by atoms with van der Waals surface area (Å²) >= 11 is 0. The van der Waals surface area contributed by atoms with Crippen molar-refractivity contribution in [2.24, 2.45) is 0 Å². The van der Waals surface area contributed by atoms with Gasteiger partial charge in [0.05, 0.1) is 0 Å². The molecular weight excluding hydrogens is 216 g/mol. The zero-order valence-corrected chi connectivity index (χ0v) is 10.9. The molecule has 0 heterocycles. The van der Waals surface area contributed by atoms with Crippen molar-refractivity contribution in [3.05, 3.63) is 11.8 Å². The normalized spacial score (nSPS) is 16.2. The fraction of sp³-hybridized carbons (Fsp3) is 0.786. The minimum absolute atomic E-state index is 0.113. The molecule has 0 atom stereocenters. The second-order valence-corrected chi connectivity index (χ2v) is 4.46. The molecule has 1 rings (SSSR count). The van der Waals surface area contributed by atoms with Gasteiger partial charge in [-0.1, -0.05) is 13.3 Å². The lowest BCUT2D eigenvalue weighted by Crippen LogP contribution is -2.06. The minimum atomic E-state index is -0.113. The number of carbonyl (C=O) groups is 1. The van der Waals surface area contributed by atoms with Crippen LogP contribution in [-0.2, 0) is 14.3 Å². The summed E-state index contributed by atoms with van der Waals surface area (Å²) in [5.74, 6) is 0.764. The van der Waals surface area contributed by atoms with Gasteiger partial charge in [-0.05, 0) is 38.2 Å². The fourth-order valence-corrected chi connectivity index (χ4v) is 1.84. The summed E-state index contributed by atoms with van der Waals surface area (Å²) in [6, 6.07) is 0. The van der Waals surface area contributed by atoms with Crippen LogP contribution in [0.1, 0.15) is 58.3 Å². The average molecular weight is 240 g/mol. The molecule has 3 heteroatoms. The quantitative estimate of drug-likeness (QED) is 0.504. The molecule has 0 fully saturated rings. The molecule has 0 unspecified atom stereocenters. The molecule has 0 aliphatic heterocycles. The molecule has 98 valence electrons. The van der Waals surface area contributed by atoms with Crippen molar-refractivity contribution in [3.8, 4) is 0 Å². The van der Waals surface area contributed by atoms with E-state index < -0.39 is 0 Å². The van der Waals surface area contributed by atoms with E-state index in [-0.39, 0.29) is 5.97 Å². The predicted molar refractivity (Wildman–Crippen MR) is 67.6 cm³/mol. The molecule has 0 bridgehead atoms. The Morgan fingerprint density at radius 3 is 3.00 bits per heavy atom. The summed E-state index contributed by atoms with van der Waals surface area (Å²) in [5.41, 5.74) is 0. The lowest BCUT2D eigenvalue weighted by molar-refractivity contribution is -0.140. The van der Waals surface area contributed by atoms with Gasteiger partial charge in [0.1, 0.15) is 5.76 Å². The van der Waals surface area contributed by atoms with Gasteiger partial charge < -0.3 is 9.47 Å². The SMILES string of the molecule is CCCOCCCC(=O)OC1=CCCCCC1. The molecule has 17 heavy (non-hydrogen) atoms. The molecule has 0 aromatic rings. The van der Waals surface area contributed by atoms with Gasteiger partial charge >= 0.3 is 5.97 Å². The molecule has 0 N–H and O–H groups in total. The van der Waals surface area contributed by atoms with Crippen LogP contribution in [0, 0.1) is 0 Å². The largest absolute Gasteiger partial charge is 0.431 e. The molecule has 0 spiro atoms. The number of hydrogen-bond donors (Lipinski definition) is 0. The van der Waals surface area contributed by atoms with Gasteiger partial charge in [-0.2, -0.15) is 0 Å². The van der Waals surface area contributed by atoms with Crippen molar-refractivity contribution < 1.29 is 14.3 Å². The van der Waals surface area contributed by atoms with Crippen molar-refractivity contribution in [2.75, 3.05) is 13.2 Å². The Balaban J connectivity index is 2.09. The van der Waals surface area contributed by atoms with Gasteiger partial charge in [-0.25, -0.2) is 0 Å². The third-order valence-electron chi connectivity index (χ3n) is 2.76. The van der Waals surface area contributed by atoms with Gasteiger partial charge in [0.2, 0.25) is 0 Å². The Morgan fingerprint density at radius 1 is 1.29 bits per heavy atom. The van der Waals surface area contributed by atoms with Crippen LogP contribution in [0.4, 0.5) is 0 Å². The smallest absolute Gasteiger partial charge is 0.310 e. The van der Waals surface area contributed by atoms with Crippen molar-refractivity contribution in [3.63, 3.8) is 0 Å². The summed E-state index contributed by atoms with van der Waals surface area (Å²) < 4.78 is 10.7. The molecule has 3 nitrogen and oxygen atoms in total. The molecule has 0 saturated carbocycles. The summed E-state index contributed by atoms with van der Waals surface area (Å²) in [4.78, 5) is 11.5. The van der Waals surface area contributed by atoms with E-state index in [0.29, 0.717) is 13.0 Å². The molecular formula is C14H24O3. The summed E-state index contributed by atoms with van der Waals surface area (Å²) in [7, 11) is 0. The van der Waals surface area contributed by atoms with Crippen molar-refractivity contribution in [1.82, 2.24) is 0 Å². The molecule has 1 aliphatic rings. The second-order valence-electron chi connectivity index (χ2n) is 4.46. The van der Waals surface area contributed by atoms with E-state index in [1.54, 1.807) is 0 Å². The van der Waals surface area contributed by atoms with Crippen molar-refractivity contribution in [2.45, 2.75) is 58.3 Å². The summed E-state index contributed by atoms with van der Waals surface area (Å²) in [6.07, 6.45) is 9.86. The van der Waals surface area contributed by atoms with Crippen LogP contribution >= 0.6 is 0 Å². The second kappa shape index (κ2) is 9.23. The minimum Gasteiger partial charge on any atom is -0.431 e. The van der Waals surface area contributed by atoms with E-state index in [4.69, 9.17) is 9.47 Å². The van der Waals surface area contributed by atoms with E-state index in [2.05, 4.69) is 13.0 Å². The highest BCUT2D eigenvalue weighted by atomic mass is 16.5. The van der Waals surface area contributed by atoms with Crippen LogP contribution in [0.3, 0.4) is 0 Å². The number of rotatable bonds is 7. The number of ether oxygens (including phenoxy) is 2. The van der Waals surface area contributed by atoms with E-state index in [1.807, 2.05) is 0 Å². The highest BCUT2D eigenvalue weighted by molar-refractivity contribution is 5.70. The number of hydrogen-bond acceptors (Lipinski definition) is 3. The summed E-state index contributed by atoms with van der Waals surface area (Å²) in [5, 5.41) is 0. The van der Waals surface area contributed by atoms with Crippen LogP contribution in [-0.4, -0.2) is 19.2 Å². The predicted octanol–water partition coefficient (Wildman–Crippen LogP) is 3.58. The molecule has 1 aliphatic carbocycles. The highest BCUT2D eigenvalue weighted by Crippen LogP contribution is 2.18. The van der Waals surface area contributed by atoms with Gasteiger partial charge in [-0.3, -0.25) is 4.79 Å². The number of esters is 1. The summed E-state index contributed by atoms with van der Waals surface area (Å²) in [6.45, 7) is 3.51. The maximum Gasteiger partial charge on any atom is 0.310 e. The maximum absolute atomic E-state index is 11.5. The van der Waals surface area contributed by atoms with Crippen LogP contribution in [0.5, 0.6) is 0 Å². The Kier molecular flexibility index (Phi) is 7.72. The highest BCUT2D eigenvalue weighted by Gasteiger charge is 2.09. The van der Waals surface area contributed by atoms with Crippen LogP contribution in [0.25, 0.3) is 0 Å². The first-order valence-corrected chi connectivity index (χ1v) is 6.80. The van der Waals surface area contributed by atoms with Crippen LogP contribution < -0.4 is 0 Å². The zero-order chi connectivity index (χ0) is 12.3. The third kappa shape index (κ3) is 7.16. The number of allylic oxidation sites excluding steroid dienone is 2. The van der Waals surface area contributed by atoms with Gasteiger partial charge in [0, 0.05) is 26.1 Å². The standard InChI is InChI=1S/C14H24O3/c1-2-11-16-12-7-10-14(15)17-13-8-5-3-4-6-9-13/h8H,2-7,9-12H2,1H3. The lowest BCUT2D eigenvalue weighted by atomic mass is 10.2. The maximum atomic E-state index is 11.5. The molecule has 0 amide bonds.